The summed E-state index contributed by atoms with van der Waals surface area (Å²) in [5, 5.41) is 0.716. The maximum absolute atomic E-state index is 13.2. The molecule has 0 N–H and O–H groups in total. The molecule has 0 aromatic heterocycles. The van der Waals surface area contributed by atoms with Crippen LogP contribution in [0.4, 0.5) is 5.69 Å². The molecule has 0 aliphatic carbocycles. The fraction of sp³-hybridized carbons (Fsp3) is 0.174. The van der Waals surface area contributed by atoms with E-state index in [0.717, 1.165) is 22.4 Å². The number of benzene rings is 3. The summed E-state index contributed by atoms with van der Waals surface area (Å²) < 4.78 is 0. The smallest absolute Gasteiger partial charge is 0.235 e. The van der Waals surface area contributed by atoms with Crippen LogP contribution < -0.4 is 4.90 Å². The molecule has 2 nitrogen and oxygen atoms in total. The predicted molar refractivity (Wildman–Crippen MR) is 107 cm³/mol. The first kappa shape index (κ1) is 16.9. The van der Waals surface area contributed by atoms with Gasteiger partial charge in [-0.3, -0.25) is 4.79 Å². The number of nitrogens with zero attached hydrogens (tertiary/aromatic N) is 1. The highest BCUT2D eigenvalue weighted by atomic mass is 35.5. The number of amides is 1. The molecule has 0 radical (unpaired) electrons. The van der Waals surface area contributed by atoms with Gasteiger partial charge in [0.05, 0.1) is 12.5 Å². The van der Waals surface area contributed by atoms with Crippen molar-refractivity contribution < 1.29 is 4.79 Å². The Hall–Kier alpha value is -2.58. The molecule has 0 saturated heterocycles. The lowest BCUT2D eigenvalue weighted by Gasteiger charge is -2.18. The third kappa shape index (κ3) is 3.25. The number of fused-ring (bicyclic) bond motifs is 1. The Labute approximate surface area is 159 Å². The summed E-state index contributed by atoms with van der Waals surface area (Å²) in [5.74, 6) is 0.0270. The Bertz CT molecular complexity index is 934. The topological polar surface area (TPSA) is 20.3 Å². The van der Waals surface area contributed by atoms with Gasteiger partial charge in [0.15, 0.2) is 0 Å². The van der Waals surface area contributed by atoms with E-state index in [1.807, 2.05) is 47.4 Å². The van der Waals surface area contributed by atoms with Gasteiger partial charge in [0.1, 0.15) is 0 Å². The maximum Gasteiger partial charge on any atom is 0.235 e. The maximum atomic E-state index is 13.2. The van der Waals surface area contributed by atoms with Gasteiger partial charge in [-0.1, -0.05) is 71.8 Å². The molecule has 0 bridgehead atoms. The third-order valence-corrected chi connectivity index (χ3v) is 5.20. The molecule has 1 heterocycles. The molecule has 0 spiro atoms. The molecule has 1 aliphatic heterocycles. The third-order valence-electron chi connectivity index (χ3n) is 4.95. The summed E-state index contributed by atoms with van der Waals surface area (Å²) in [4.78, 5) is 15.2. The Kier molecular flexibility index (Phi) is 4.52. The zero-order valence-corrected chi connectivity index (χ0v) is 15.4. The number of carbonyl (C=O) groups is 1. The van der Waals surface area contributed by atoms with Gasteiger partial charge in [0.2, 0.25) is 5.91 Å². The van der Waals surface area contributed by atoms with Crippen molar-refractivity contribution in [3.05, 3.63) is 100 Å². The number of halogens is 1. The Morgan fingerprint density at radius 3 is 2.38 bits per heavy atom. The Morgan fingerprint density at radius 2 is 1.65 bits per heavy atom. The predicted octanol–water partition coefficient (Wildman–Crippen LogP) is 5.52. The van der Waals surface area contributed by atoms with Crippen LogP contribution in [0.25, 0.3) is 0 Å². The molecule has 130 valence electrons. The van der Waals surface area contributed by atoms with Crippen molar-refractivity contribution in [2.24, 2.45) is 0 Å². The average Bonchev–Trinajstić information content (AvgIpc) is 2.89. The number of hydrogen-bond donors (Lipinski definition) is 0. The van der Waals surface area contributed by atoms with Gasteiger partial charge < -0.3 is 4.90 Å². The summed E-state index contributed by atoms with van der Waals surface area (Å²) in [6, 6.07) is 24.2. The largest absolute Gasteiger partial charge is 0.307 e. The molecular weight excluding hydrogens is 342 g/mol. The van der Waals surface area contributed by atoms with E-state index in [-0.39, 0.29) is 11.8 Å². The molecule has 26 heavy (non-hydrogen) atoms. The SMILES string of the molecule is Cc1ccc2c(c1)C(Cc1ccc(Cl)cc1)C(=O)N2Cc1ccccc1. The van der Waals surface area contributed by atoms with E-state index in [1.54, 1.807) is 0 Å². The number of aryl methyl sites for hydroxylation is 1. The van der Waals surface area contributed by atoms with Crippen LogP contribution in [0.1, 0.15) is 28.2 Å². The van der Waals surface area contributed by atoms with Crippen LogP contribution in [0, 0.1) is 6.92 Å². The molecule has 4 rings (SSSR count). The van der Waals surface area contributed by atoms with E-state index in [1.165, 1.54) is 5.56 Å². The minimum atomic E-state index is -0.144. The Balaban J connectivity index is 1.68. The van der Waals surface area contributed by atoms with Gasteiger partial charge in [0, 0.05) is 10.7 Å². The highest BCUT2D eigenvalue weighted by molar-refractivity contribution is 6.30. The van der Waals surface area contributed by atoms with Gasteiger partial charge in [-0.25, -0.2) is 0 Å². The van der Waals surface area contributed by atoms with Gasteiger partial charge in [-0.15, -0.1) is 0 Å². The zero-order chi connectivity index (χ0) is 18.1. The van der Waals surface area contributed by atoms with Crippen LogP contribution in [-0.2, 0) is 17.8 Å². The molecule has 1 amide bonds. The van der Waals surface area contributed by atoms with E-state index in [0.29, 0.717) is 18.0 Å². The summed E-state index contributed by atoms with van der Waals surface area (Å²) in [6.07, 6.45) is 0.692. The van der Waals surface area contributed by atoms with E-state index in [2.05, 4.69) is 37.3 Å². The molecule has 1 atom stereocenters. The Morgan fingerprint density at radius 1 is 0.923 bits per heavy atom. The van der Waals surface area contributed by atoms with Crippen molar-refractivity contribution >= 4 is 23.2 Å². The second kappa shape index (κ2) is 6.97. The van der Waals surface area contributed by atoms with Crippen LogP contribution in [0.5, 0.6) is 0 Å². The summed E-state index contributed by atoms with van der Waals surface area (Å²) >= 11 is 6.00. The number of anilines is 1. The molecule has 1 aliphatic rings. The molecule has 0 saturated carbocycles. The number of hydrogen-bond acceptors (Lipinski definition) is 1. The van der Waals surface area contributed by atoms with E-state index < -0.39 is 0 Å². The van der Waals surface area contributed by atoms with E-state index in [4.69, 9.17) is 11.6 Å². The monoisotopic (exact) mass is 361 g/mol. The van der Waals surface area contributed by atoms with Gasteiger partial charge >= 0.3 is 0 Å². The van der Waals surface area contributed by atoms with Crippen LogP contribution >= 0.6 is 11.6 Å². The van der Waals surface area contributed by atoms with Crippen LogP contribution in [0.3, 0.4) is 0 Å². The molecule has 0 fully saturated rings. The van der Waals surface area contributed by atoms with Crippen molar-refractivity contribution in [3.8, 4) is 0 Å². The minimum Gasteiger partial charge on any atom is -0.307 e. The van der Waals surface area contributed by atoms with Crippen molar-refractivity contribution in [2.45, 2.75) is 25.8 Å². The normalized spacial score (nSPS) is 16.0. The highest BCUT2D eigenvalue weighted by Gasteiger charge is 2.37. The van der Waals surface area contributed by atoms with Crippen molar-refractivity contribution in [1.82, 2.24) is 0 Å². The van der Waals surface area contributed by atoms with Gasteiger partial charge in [0.25, 0.3) is 0 Å². The fourth-order valence-corrected chi connectivity index (χ4v) is 3.75. The molecule has 1 unspecified atom stereocenters. The van der Waals surface area contributed by atoms with Crippen LogP contribution in [-0.4, -0.2) is 5.91 Å². The van der Waals surface area contributed by atoms with Crippen molar-refractivity contribution in [2.75, 3.05) is 4.90 Å². The standard InChI is InChI=1S/C23H20ClNO/c1-16-7-12-22-20(13-16)21(14-17-8-10-19(24)11-9-17)23(26)25(22)15-18-5-3-2-4-6-18/h2-13,21H,14-15H2,1H3. The van der Waals surface area contributed by atoms with E-state index >= 15 is 0 Å². The van der Waals surface area contributed by atoms with Gasteiger partial charge in [-0.05, 0) is 48.2 Å². The molecular formula is C23H20ClNO. The van der Waals surface area contributed by atoms with Gasteiger partial charge in [-0.2, -0.15) is 0 Å². The highest BCUT2D eigenvalue weighted by Crippen LogP contribution is 2.40. The lowest BCUT2D eigenvalue weighted by molar-refractivity contribution is -0.119. The van der Waals surface area contributed by atoms with Crippen LogP contribution in [0.15, 0.2) is 72.8 Å². The summed E-state index contributed by atoms with van der Waals surface area (Å²) in [7, 11) is 0. The van der Waals surface area contributed by atoms with E-state index in [9.17, 15) is 4.79 Å². The zero-order valence-electron chi connectivity index (χ0n) is 14.7. The average molecular weight is 362 g/mol. The van der Waals surface area contributed by atoms with Crippen molar-refractivity contribution in [3.63, 3.8) is 0 Å². The second-order valence-corrected chi connectivity index (χ2v) is 7.29. The summed E-state index contributed by atoms with van der Waals surface area (Å²) in [6.45, 7) is 2.68. The van der Waals surface area contributed by atoms with Crippen molar-refractivity contribution in [1.29, 1.82) is 0 Å². The number of carbonyl (C=O) groups excluding carboxylic acids is 1. The quantitative estimate of drug-likeness (QED) is 0.599. The lowest BCUT2D eigenvalue weighted by atomic mass is 9.92. The molecule has 3 aromatic rings. The molecule has 3 heteroatoms. The second-order valence-electron chi connectivity index (χ2n) is 6.86. The summed E-state index contributed by atoms with van der Waals surface area (Å²) in [5.41, 5.74) is 5.60. The lowest BCUT2D eigenvalue weighted by Crippen LogP contribution is -2.28. The first-order valence-corrected chi connectivity index (χ1v) is 9.20. The fourth-order valence-electron chi connectivity index (χ4n) is 3.62. The number of rotatable bonds is 4. The first-order valence-electron chi connectivity index (χ1n) is 8.82. The molecule has 3 aromatic carbocycles. The first-order chi connectivity index (χ1) is 12.6. The van der Waals surface area contributed by atoms with Crippen LogP contribution in [0.2, 0.25) is 5.02 Å². The minimum absolute atomic E-state index is 0.144.